The highest BCUT2D eigenvalue weighted by molar-refractivity contribution is 5.90. The second-order valence-corrected chi connectivity index (χ2v) is 5.25. The highest BCUT2D eigenvalue weighted by Gasteiger charge is 2.33. The molecule has 1 heterocycles. The molecule has 2 aliphatic rings. The number of hydrogen-bond donors (Lipinski definition) is 1. The van der Waals surface area contributed by atoms with Crippen molar-refractivity contribution in [2.24, 2.45) is 0 Å². The van der Waals surface area contributed by atoms with Gasteiger partial charge in [-0.3, -0.25) is 4.79 Å². The van der Waals surface area contributed by atoms with Gasteiger partial charge in [0.2, 0.25) is 5.91 Å². The van der Waals surface area contributed by atoms with Crippen molar-refractivity contribution in [2.75, 3.05) is 5.32 Å². The van der Waals surface area contributed by atoms with Gasteiger partial charge in [-0.2, -0.15) is 5.26 Å². The summed E-state index contributed by atoms with van der Waals surface area (Å²) in [5.74, 6) is 0.655. The van der Waals surface area contributed by atoms with E-state index in [1.807, 2.05) is 0 Å². The largest absolute Gasteiger partial charge is 0.327 e. The number of fused-ring (bicyclic) bond motifs is 1. The molecule has 1 amide bonds. The first kappa shape index (κ1) is 11.3. The van der Waals surface area contributed by atoms with Crippen LogP contribution >= 0.6 is 0 Å². The second-order valence-electron chi connectivity index (χ2n) is 5.25. The number of nitriles is 1. The molecule has 0 aliphatic heterocycles. The highest BCUT2D eigenvalue weighted by Crippen LogP contribution is 2.44. The number of carbonyl (C=O) groups is 1. The molecular formula is C14H17N3O. The van der Waals surface area contributed by atoms with Gasteiger partial charge in [0.15, 0.2) is 0 Å². The third-order valence-electron chi connectivity index (χ3n) is 3.83. The van der Waals surface area contributed by atoms with Gasteiger partial charge in [0, 0.05) is 18.7 Å². The first-order valence-electron chi connectivity index (χ1n) is 6.66. The maximum Gasteiger partial charge on any atom is 0.222 e. The van der Waals surface area contributed by atoms with Gasteiger partial charge in [-0.15, -0.1) is 0 Å². The molecule has 0 saturated heterocycles. The Morgan fingerprint density at radius 3 is 2.72 bits per heavy atom. The lowest BCUT2D eigenvalue weighted by molar-refractivity contribution is -0.114. The highest BCUT2D eigenvalue weighted by atomic mass is 16.1. The van der Waals surface area contributed by atoms with Crippen molar-refractivity contribution in [3.05, 3.63) is 16.8 Å². The molecule has 0 aromatic carbocycles. The molecule has 0 bridgehead atoms. The summed E-state index contributed by atoms with van der Waals surface area (Å²) in [4.78, 5) is 11.4. The van der Waals surface area contributed by atoms with E-state index in [9.17, 15) is 10.1 Å². The van der Waals surface area contributed by atoms with Gasteiger partial charge >= 0.3 is 0 Å². The molecule has 2 aliphatic carbocycles. The molecule has 3 rings (SSSR count). The minimum absolute atomic E-state index is 0.0942. The Balaban J connectivity index is 2.17. The Kier molecular flexibility index (Phi) is 2.62. The maximum atomic E-state index is 11.4. The monoisotopic (exact) mass is 243 g/mol. The minimum atomic E-state index is -0.0942. The first-order chi connectivity index (χ1) is 8.72. The summed E-state index contributed by atoms with van der Waals surface area (Å²) in [6.07, 6.45) is 6.69. The molecule has 18 heavy (non-hydrogen) atoms. The normalized spacial score (nSPS) is 18.0. The van der Waals surface area contributed by atoms with Crippen LogP contribution in [0.2, 0.25) is 0 Å². The summed E-state index contributed by atoms with van der Waals surface area (Å²) in [6.45, 7) is 1.50. The van der Waals surface area contributed by atoms with Crippen molar-refractivity contribution in [1.82, 2.24) is 4.57 Å². The van der Waals surface area contributed by atoms with Crippen LogP contribution < -0.4 is 5.32 Å². The van der Waals surface area contributed by atoms with Crippen LogP contribution in [-0.4, -0.2) is 10.5 Å². The Bertz CT molecular complexity index is 546. The first-order valence-corrected chi connectivity index (χ1v) is 6.66. The summed E-state index contributed by atoms with van der Waals surface area (Å²) >= 11 is 0. The summed E-state index contributed by atoms with van der Waals surface area (Å²) < 4.78 is 2.23. The molecule has 1 fully saturated rings. The molecule has 0 atom stereocenters. The molecular weight excluding hydrogens is 226 g/mol. The fourth-order valence-electron chi connectivity index (χ4n) is 2.97. The lowest BCUT2D eigenvalue weighted by Crippen LogP contribution is -2.13. The molecule has 1 aromatic rings. The standard InChI is InChI=1S/C14H17N3O/c1-9(18)16-14-12(8-15)11-4-2-3-5-13(11)17(14)10-6-7-10/h10H,2-7H2,1H3,(H,16,18). The van der Waals surface area contributed by atoms with Gasteiger partial charge in [-0.05, 0) is 44.1 Å². The van der Waals surface area contributed by atoms with E-state index in [2.05, 4.69) is 16.0 Å². The number of aromatic nitrogens is 1. The van der Waals surface area contributed by atoms with Crippen LogP contribution in [0.5, 0.6) is 0 Å². The van der Waals surface area contributed by atoms with Crippen molar-refractivity contribution in [2.45, 2.75) is 51.5 Å². The SMILES string of the molecule is CC(=O)Nc1c(C#N)c2c(n1C1CC1)CCCC2. The van der Waals surface area contributed by atoms with Gasteiger partial charge < -0.3 is 9.88 Å². The Morgan fingerprint density at radius 2 is 2.11 bits per heavy atom. The van der Waals surface area contributed by atoms with E-state index in [1.165, 1.54) is 37.4 Å². The number of carbonyl (C=O) groups excluding carboxylic acids is 1. The van der Waals surface area contributed by atoms with Gasteiger partial charge in [0.25, 0.3) is 0 Å². The second kappa shape index (κ2) is 4.16. The molecule has 0 radical (unpaired) electrons. The average Bonchev–Trinajstić information content (AvgIpc) is 3.12. The van der Waals surface area contributed by atoms with Gasteiger partial charge in [-0.1, -0.05) is 0 Å². The van der Waals surface area contributed by atoms with E-state index in [0.29, 0.717) is 11.6 Å². The fraction of sp³-hybridized carbons (Fsp3) is 0.571. The van der Waals surface area contributed by atoms with Crippen molar-refractivity contribution in [3.63, 3.8) is 0 Å². The topological polar surface area (TPSA) is 57.8 Å². The summed E-state index contributed by atoms with van der Waals surface area (Å²) in [5, 5.41) is 12.3. The van der Waals surface area contributed by atoms with Crippen molar-refractivity contribution in [1.29, 1.82) is 5.26 Å². The van der Waals surface area contributed by atoms with E-state index in [-0.39, 0.29) is 5.91 Å². The van der Waals surface area contributed by atoms with Crippen LogP contribution in [-0.2, 0) is 17.6 Å². The molecule has 0 unspecified atom stereocenters. The van der Waals surface area contributed by atoms with E-state index < -0.39 is 0 Å². The quantitative estimate of drug-likeness (QED) is 0.867. The Labute approximate surface area is 107 Å². The van der Waals surface area contributed by atoms with Crippen LogP contribution in [0.1, 0.15) is 55.5 Å². The van der Waals surface area contributed by atoms with E-state index in [0.717, 1.165) is 25.1 Å². The number of rotatable bonds is 2. The summed E-state index contributed by atoms with van der Waals surface area (Å²) in [7, 11) is 0. The third kappa shape index (κ3) is 1.71. The summed E-state index contributed by atoms with van der Waals surface area (Å²) in [6, 6.07) is 2.80. The zero-order valence-electron chi connectivity index (χ0n) is 10.6. The van der Waals surface area contributed by atoms with Crippen molar-refractivity contribution in [3.8, 4) is 6.07 Å². The number of amides is 1. The number of hydrogen-bond acceptors (Lipinski definition) is 2. The Morgan fingerprint density at radius 1 is 1.39 bits per heavy atom. The van der Waals surface area contributed by atoms with Crippen LogP contribution in [0.25, 0.3) is 0 Å². The molecule has 4 heteroatoms. The van der Waals surface area contributed by atoms with E-state index in [1.54, 1.807) is 0 Å². The van der Waals surface area contributed by atoms with Crippen LogP contribution in [0.3, 0.4) is 0 Å². The van der Waals surface area contributed by atoms with Crippen LogP contribution in [0.4, 0.5) is 5.82 Å². The Hall–Kier alpha value is -1.76. The predicted octanol–water partition coefficient (Wildman–Crippen LogP) is 2.53. The third-order valence-corrected chi connectivity index (χ3v) is 3.83. The molecule has 1 saturated carbocycles. The molecule has 94 valence electrons. The van der Waals surface area contributed by atoms with Crippen LogP contribution in [0, 0.1) is 11.3 Å². The molecule has 1 aromatic heterocycles. The average molecular weight is 243 g/mol. The summed E-state index contributed by atoms with van der Waals surface area (Å²) in [5.41, 5.74) is 3.18. The van der Waals surface area contributed by atoms with Gasteiger partial charge in [0.1, 0.15) is 11.9 Å². The van der Waals surface area contributed by atoms with Crippen LogP contribution in [0.15, 0.2) is 0 Å². The number of anilines is 1. The number of nitrogens with one attached hydrogen (secondary N) is 1. The molecule has 1 N–H and O–H groups in total. The lowest BCUT2D eigenvalue weighted by atomic mass is 9.95. The number of nitrogens with zero attached hydrogens (tertiary/aromatic N) is 2. The van der Waals surface area contributed by atoms with Crippen molar-refractivity contribution < 1.29 is 4.79 Å². The zero-order valence-corrected chi connectivity index (χ0v) is 10.6. The minimum Gasteiger partial charge on any atom is -0.327 e. The smallest absolute Gasteiger partial charge is 0.222 e. The van der Waals surface area contributed by atoms with Gasteiger partial charge in [-0.25, -0.2) is 0 Å². The maximum absolute atomic E-state index is 11.4. The van der Waals surface area contributed by atoms with E-state index in [4.69, 9.17) is 0 Å². The van der Waals surface area contributed by atoms with Gasteiger partial charge in [0.05, 0.1) is 5.56 Å². The molecule has 0 spiro atoms. The molecule has 4 nitrogen and oxygen atoms in total. The van der Waals surface area contributed by atoms with Crippen molar-refractivity contribution >= 4 is 11.7 Å². The fourth-order valence-corrected chi connectivity index (χ4v) is 2.97. The lowest BCUT2D eigenvalue weighted by Gasteiger charge is -2.16. The predicted molar refractivity (Wildman–Crippen MR) is 68.4 cm³/mol. The van der Waals surface area contributed by atoms with E-state index >= 15 is 0 Å². The zero-order chi connectivity index (χ0) is 12.7.